The summed E-state index contributed by atoms with van der Waals surface area (Å²) in [5.74, 6) is -3.93. The molecule has 1 amide bonds. The van der Waals surface area contributed by atoms with Crippen LogP contribution in [-0.2, 0) is 47.6 Å². The number of benzene rings is 1. The van der Waals surface area contributed by atoms with E-state index in [0.29, 0.717) is 24.0 Å². The van der Waals surface area contributed by atoms with Gasteiger partial charge in [-0.25, -0.2) is 14.4 Å². The Bertz CT molecular complexity index is 1600. The number of aliphatic hydroxyl groups is 1. The highest BCUT2D eigenvalue weighted by Crippen LogP contribution is 2.43. The lowest BCUT2D eigenvalue weighted by Gasteiger charge is -2.31. The number of nitrogens with one attached hydrogen (secondary N) is 1. The Hall–Kier alpha value is -4.07. The Balaban J connectivity index is 1.56. The molecule has 13 nitrogen and oxygen atoms in total. The SMILES string of the molecule is CCCCCC1(CCCCC)O[C@@H]2[C@@H](C=C(C(=O)N[C@H](CO)CCC(=O)OC(C)(C)C)C[C@H]2OC(=O)c2ccccc2C=CC(=O)O[C@H]2C(=O)OCC2(C)C)O1. The molecule has 3 aliphatic rings. The minimum absolute atomic E-state index is 0.00155. The van der Waals surface area contributed by atoms with E-state index in [2.05, 4.69) is 19.2 Å². The number of hydrogen-bond acceptors (Lipinski definition) is 12. The quantitative estimate of drug-likeness (QED) is 0.0696. The van der Waals surface area contributed by atoms with Crippen LogP contribution in [0.1, 0.15) is 135 Å². The van der Waals surface area contributed by atoms with E-state index in [1.807, 2.05) is 0 Å². The predicted octanol–water partition coefficient (Wildman–Crippen LogP) is 6.29. The van der Waals surface area contributed by atoms with Crippen molar-refractivity contribution in [3.63, 3.8) is 0 Å². The average molecular weight is 784 g/mol. The number of esters is 4. The van der Waals surface area contributed by atoms with E-state index in [1.54, 1.807) is 65.0 Å². The fourth-order valence-electron chi connectivity index (χ4n) is 7.05. The molecular formula is C43H61NO12. The van der Waals surface area contributed by atoms with Gasteiger partial charge in [-0.2, -0.15) is 0 Å². The normalized spacial score (nSPS) is 23.1. The van der Waals surface area contributed by atoms with Crippen LogP contribution in [0.5, 0.6) is 0 Å². The molecule has 4 rings (SSSR count). The summed E-state index contributed by atoms with van der Waals surface area (Å²) in [5.41, 5.74) is -0.516. The van der Waals surface area contributed by atoms with E-state index < -0.39 is 83.7 Å². The molecule has 0 spiro atoms. The highest BCUT2D eigenvalue weighted by molar-refractivity contribution is 5.97. The molecule has 0 bridgehead atoms. The molecule has 2 saturated heterocycles. The number of aliphatic hydroxyl groups excluding tert-OH is 1. The third-order valence-corrected chi connectivity index (χ3v) is 10.0. The molecule has 2 aliphatic heterocycles. The molecule has 1 aromatic carbocycles. The van der Waals surface area contributed by atoms with Crippen molar-refractivity contribution in [1.29, 1.82) is 0 Å². The molecule has 0 radical (unpaired) electrons. The van der Waals surface area contributed by atoms with Gasteiger partial charge in [-0.15, -0.1) is 0 Å². The molecule has 1 aromatic rings. The summed E-state index contributed by atoms with van der Waals surface area (Å²) in [6, 6.07) is 5.85. The zero-order chi connectivity index (χ0) is 41.1. The van der Waals surface area contributed by atoms with Crippen LogP contribution in [0, 0.1) is 5.41 Å². The van der Waals surface area contributed by atoms with Gasteiger partial charge in [0, 0.05) is 42.7 Å². The van der Waals surface area contributed by atoms with Gasteiger partial charge in [0.25, 0.3) is 0 Å². The summed E-state index contributed by atoms with van der Waals surface area (Å²) in [6.07, 6.45) is 8.11. The molecule has 0 unspecified atom stereocenters. The minimum atomic E-state index is -1.05. The molecule has 56 heavy (non-hydrogen) atoms. The Morgan fingerprint density at radius 1 is 1.00 bits per heavy atom. The number of cyclic esters (lactones) is 1. The van der Waals surface area contributed by atoms with Gasteiger partial charge in [0.1, 0.15) is 30.5 Å². The van der Waals surface area contributed by atoms with Crippen LogP contribution in [-0.4, -0.2) is 90.0 Å². The second-order valence-corrected chi connectivity index (χ2v) is 16.6. The Morgan fingerprint density at radius 2 is 1.68 bits per heavy atom. The molecule has 2 fully saturated rings. The Labute approximate surface area is 330 Å². The zero-order valence-electron chi connectivity index (χ0n) is 34.1. The van der Waals surface area contributed by atoms with Crippen molar-refractivity contribution in [3.8, 4) is 0 Å². The first-order valence-electron chi connectivity index (χ1n) is 20.0. The van der Waals surface area contributed by atoms with Crippen LogP contribution in [0.3, 0.4) is 0 Å². The number of fused-ring (bicyclic) bond motifs is 1. The van der Waals surface area contributed by atoms with Crippen LogP contribution < -0.4 is 5.32 Å². The van der Waals surface area contributed by atoms with E-state index in [0.717, 1.165) is 44.6 Å². The topological polar surface area (TPSA) is 173 Å². The maximum Gasteiger partial charge on any atom is 0.348 e. The molecule has 0 saturated carbocycles. The predicted molar refractivity (Wildman–Crippen MR) is 207 cm³/mol. The highest BCUT2D eigenvalue weighted by Gasteiger charge is 2.52. The number of hydrogen-bond donors (Lipinski definition) is 2. The maximum atomic E-state index is 14.0. The van der Waals surface area contributed by atoms with Crippen molar-refractivity contribution >= 4 is 35.9 Å². The van der Waals surface area contributed by atoms with Gasteiger partial charge in [0.2, 0.25) is 12.0 Å². The van der Waals surface area contributed by atoms with Crippen molar-refractivity contribution < 1.29 is 57.5 Å². The monoisotopic (exact) mass is 783 g/mol. The maximum absolute atomic E-state index is 14.0. The number of unbranched alkanes of at least 4 members (excludes halogenated alkanes) is 4. The Kier molecular flexibility index (Phi) is 15.8. The first-order chi connectivity index (χ1) is 26.5. The van der Waals surface area contributed by atoms with Gasteiger partial charge >= 0.3 is 23.9 Å². The van der Waals surface area contributed by atoms with Crippen molar-refractivity contribution in [3.05, 3.63) is 53.1 Å². The summed E-state index contributed by atoms with van der Waals surface area (Å²) >= 11 is 0. The molecule has 2 heterocycles. The van der Waals surface area contributed by atoms with Gasteiger partial charge in [-0.3, -0.25) is 9.59 Å². The van der Waals surface area contributed by atoms with Gasteiger partial charge < -0.3 is 38.8 Å². The van der Waals surface area contributed by atoms with Gasteiger partial charge in [0.15, 0.2) is 5.79 Å². The summed E-state index contributed by atoms with van der Waals surface area (Å²) in [6.45, 7) is 12.8. The van der Waals surface area contributed by atoms with E-state index in [1.165, 1.54) is 6.08 Å². The third-order valence-electron chi connectivity index (χ3n) is 10.0. The van der Waals surface area contributed by atoms with Crippen molar-refractivity contribution in [1.82, 2.24) is 5.32 Å². The van der Waals surface area contributed by atoms with Crippen LogP contribution in [0.25, 0.3) is 6.08 Å². The zero-order valence-corrected chi connectivity index (χ0v) is 34.1. The Morgan fingerprint density at radius 3 is 2.29 bits per heavy atom. The van der Waals surface area contributed by atoms with E-state index in [4.69, 9.17) is 28.4 Å². The summed E-state index contributed by atoms with van der Waals surface area (Å²) in [7, 11) is 0. The lowest BCUT2D eigenvalue weighted by Crippen LogP contribution is -2.45. The van der Waals surface area contributed by atoms with E-state index >= 15 is 0 Å². The lowest BCUT2D eigenvalue weighted by molar-refractivity contribution is -0.190. The molecule has 13 heteroatoms. The highest BCUT2D eigenvalue weighted by atomic mass is 16.8. The van der Waals surface area contributed by atoms with E-state index in [9.17, 15) is 29.1 Å². The van der Waals surface area contributed by atoms with E-state index in [-0.39, 0.29) is 31.4 Å². The van der Waals surface area contributed by atoms with Gasteiger partial charge in [-0.1, -0.05) is 71.6 Å². The summed E-state index contributed by atoms with van der Waals surface area (Å²) in [4.78, 5) is 65.0. The standard InChI is InChI=1S/C43H61NO12/c1-8-10-14-22-43(23-15-11-9-2)54-33-25-29(38(48)44-30(26-45)19-21-35(47)55-41(3,4)5)24-32(36(33)56-43)52-39(49)31-17-13-12-16-28(31)18-20-34(46)53-37-40(50)51-27-42(37,6)7/h12-13,16-18,20,25,30,32-33,36-37,45H,8-11,14-15,19,21-24,26-27H2,1-7H3,(H,44,48)/t30-,32+,33+,36-,37-/m0/s1. The summed E-state index contributed by atoms with van der Waals surface area (Å²) < 4.78 is 35.5. The van der Waals surface area contributed by atoms with Gasteiger partial charge in [-0.05, 0) is 63.8 Å². The molecular weight excluding hydrogens is 722 g/mol. The van der Waals surface area contributed by atoms with Crippen molar-refractivity contribution in [2.45, 2.75) is 161 Å². The second-order valence-electron chi connectivity index (χ2n) is 16.6. The number of ether oxygens (including phenoxy) is 6. The minimum Gasteiger partial charge on any atom is -0.462 e. The fraction of sp³-hybridized carbons (Fsp3) is 0.651. The molecule has 0 aromatic heterocycles. The average Bonchev–Trinajstić information content (AvgIpc) is 3.63. The number of rotatable bonds is 19. The second kappa shape index (κ2) is 19.9. The fourth-order valence-corrected chi connectivity index (χ4v) is 7.05. The molecule has 5 atom stereocenters. The largest absolute Gasteiger partial charge is 0.462 e. The van der Waals surface area contributed by atoms with Crippen molar-refractivity contribution in [2.24, 2.45) is 5.41 Å². The first kappa shape index (κ1) is 44.6. The lowest BCUT2D eigenvalue weighted by atomic mass is 9.90. The molecule has 310 valence electrons. The smallest absolute Gasteiger partial charge is 0.348 e. The van der Waals surface area contributed by atoms with Crippen molar-refractivity contribution in [2.75, 3.05) is 13.2 Å². The molecule has 1 aliphatic carbocycles. The van der Waals surface area contributed by atoms with Crippen LogP contribution >= 0.6 is 0 Å². The summed E-state index contributed by atoms with van der Waals surface area (Å²) in [5, 5.41) is 12.9. The van der Waals surface area contributed by atoms with Crippen LogP contribution in [0.4, 0.5) is 0 Å². The first-order valence-corrected chi connectivity index (χ1v) is 20.0. The third kappa shape index (κ3) is 12.5. The molecule has 2 N–H and O–H groups in total. The van der Waals surface area contributed by atoms with Crippen LogP contribution in [0.2, 0.25) is 0 Å². The number of amides is 1. The van der Waals surface area contributed by atoms with Crippen LogP contribution in [0.15, 0.2) is 42.0 Å². The van der Waals surface area contributed by atoms with Gasteiger partial charge in [0.05, 0.1) is 18.2 Å². The number of carbonyl (C=O) groups excluding carboxylic acids is 5. The number of carbonyl (C=O) groups is 5.